The van der Waals surface area contributed by atoms with Gasteiger partial charge in [0.2, 0.25) is 5.89 Å². The Hall–Kier alpha value is -0.850. The molecule has 0 fully saturated rings. The molecule has 0 saturated heterocycles. The minimum atomic E-state index is 0.616. The van der Waals surface area contributed by atoms with E-state index in [2.05, 4.69) is 38.3 Å². The molecule has 0 atom stereocenters. The fraction of sp³-hybridized carbons (Fsp3) is 0.333. The zero-order chi connectivity index (χ0) is 12.8. The summed E-state index contributed by atoms with van der Waals surface area (Å²) in [5.41, 5.74) is 6.66. The second-order valence-electron chi connectivity index (χ2n) is 3.77. The Labute approximate surface area is 118 Å². The van der Waals surface area contributed by atoms with Gasteiger partial charge in [0.05, 0.1) is 0 Å². The summed E-state index contributed by atoms with van der Waals surface area (Å²) in [5.74, 6) is 1.49. The van der Waals surface area contributed by atoms with Gasteiger partial charge in [0.1, 0.15) is 0 Å². The number of nitrogens with zero attached hydrogens (tertiary/aromatic N) is 2. The van der Waals surface area contributed by atoms with E-state index < -0.39 is 0 Å². The molecule has 0 bridgehead atoms. The van der Waals surface area contributed by atoms with Crippen LogP contribution in [0.3, 0.4) is 0 Å². The van der Waals surface area contributed by atoms with Gasteiger partial charge in [0.25, 0.3) is 5.22 Å². The normalized spacial score (nSPS) is 10.8. The zero-order valence-electron chi connectivity index (χ0n) is 9.80. The Kier molecular flexibility index (Phi) is 5.22. The van der Waals surface area contributed by atoms with Crippen LogP contribution in [0.5, 0.6) is 0 Å². The van der Waals surface area contributed by atoms with Crippen molar-refractivity contribution in [2.24, 2.45) is 5.73 Å². The summed E-state index contributed by atoms with van der Waals surface area (Å²) in [7, 11) is 0. The summed E-state index contributed by atoms with van der Waals surface area (Å²) in [5, 5.41) is 8.59. The zero-order valence-corrected chi connectivity index (χ0v) is 12.2. The van der Waals surface area contributed by atoms with Crippen LogP contribution < -0.4 is 5.73 Å². The van der Waals surface area contributed by atoms with Gasteiger partial charge in [-0.05, 0) is 30.7 Å². The quantitative estimate of drug-likeness (QED) is 0.826. The number of rotatable bonds is 6. The van der Waals surface area contributed by atoms with E-state index in [0.29, 0.717) is 17.7 Å². The van der Waals surface area contributed by atoms with E-state index in [1.807, 2.05) is 12.1 Å². The summed E-state index contributed by atoms with van der Waals surface area (Å²) < 4.78 is 6.59. The highest BCUT2D eigenvalue weighted by atomic mass is 79.9. The number of aromatic nitrogens is 2. The maximum absolute atomic E-state index is 5.51. The Bertz CT molecular complexity index is 486. The fourth-order valence-corrected chi connectivity index (χ4v) is 2.38. The lowest BCUT2D eigenvalue weighted by molar-refractivity contribution is 0.410. The maximum Gasteiger partial charge on any atom is 0.276 e. The molecular formula is C12H14BrN3OS. The van der Waals surface area contributed by atoms with E-state index in [0.717, 1.165) is 23.1 Å². The van der Waals surface area contributed by atoms with Gasteiger partial charge < -0.3 is 10.2 Å². The van der Waals surface area contributed by atoms with Crippen molar-refractivity contribution in [1.29, 1.82) is 0 Å². The standard InChI is InChI=1S/C12H14BrN3OS/c13-10-5-3-9(4-6-10)8-18-12-16-15-11(17-12)2-1-7-14/h3-6H,1-2,7-8,14H2. The highest BCUT2D eigenvalue weighted by Gasteiger charge is 2.06. The molecule has 0 aliphatic rings. The number of nitrogens with two attached hydrogens (primary N) is 1. The minimum absolute atomic E-state index is 0.616. The lowest BCUT2D eigenvalue weighted by Gasteiger charge is -1.98. The topological polar surface area (TPSA) is 64.9 Å². The first kappa shape index (κ1) is 13.6. The second-order valence-corrected chi connectivity index (χ2v) is 5.61. The summed E-state index contributed by atoms with van der Waals surface area (Å²) in [6, 6.07) is 8.19. The molecule has 96 valence electrons. The van der Waals surface area contributed by atoms with E-state index in [-0.39, 0.29) is 0 Å². The Morgan fingerprint density at radius 1 is 1.22 bits per heavy atom. The molecule has 4 nitrogen and oxygen atoms in total. The van der Waals surface area contributed by atoms with Crippen LogP contribution >= 0.6 is 27.7 Å². The number of benzene rings is 1. The predicted molar refractivity (Wildman–Crippen MR) is 75.4 cm³/mol. The van der Waals surface area contributed by atoms with Crippen molar-refractivity contribution in [3.05, 3.63) is 40.2 Å². The third-order valence-electron chi connectivity index (χ3n) is 2.32. The summed E-state index contributed by atoms with van der Waals surface area (Å²) in [6.07, 6.45) is 1.63. The smallest absolute Gasteiger partial charge is 0.276 e. The van der Waals surface area contributed by atoms with Crippen LogP contribution in [0.2, 0.25) is 0 Å². The Morgan fingerprint density at radius 3 is 2.72 bits per heavy atom. The van der Waals surface area contributed by atoms with Gasteiger partial charge in [-0.1, -0.05) is 39.8 Å². The summed E-state index contributed by atoms with van der Waals surface area (Å²) in [6.45, 7) is 0.643. The van der Waals surface area contributed by atoms with Gasteiger partial charge >= 0.3 is 0 Å². The van der Waals surface area contributed by atoms with Gasteiger partial charge in [-0.2, -0.15) is 0 Å². The van der Waals surface area contributed by atoms with E-state index in [1.165, 1.54) is 5.56 Å². The summed E-state index contributed by atoms with van der Waals surface area (Å²) >= 11 is 4.96. The van der Waals surface area contributed by atoms with Gasteiger partial charge in [-0.15, -0.1) is 10.2 Å². The van der Waals surface area contributed by atoms with E-state index in [1.54, 1.807) is 11.8 Å². The van der Waals surface area contributed by atoms with Crippen molar-refractivity contribution >= 4 is 27.7 Å². The molecule has 6 heteroatoms. The van der Waals surface area contributed by atoms with Crippen LogP contribution in [0.1, 0.15) is 17.9 Å². The van der Waals surface area contributed by atoms with Gasteiger partial charge in [-0.25, -0.2) is 0 Å². The van der Waals surface area contributed by atoms with Crippen LogP contribution in [0, 0.1) is 0 Å². The van der Waals surface area contributed by atoms with Gasteiger partial charge in [0, 0.05) is 16.6 Å². The highest BCUT2D eigenvalue weighted by molar-refractivity contribution is 9.10. The molecule has 18 heavy (non-hydrogen) atoms. The van der Waals surface area contributed by atoms with Crippen molar-refractivity contribution in [3.63, 3.8) is 0 Å². The first-order valence-corrected chi connectivity index (χ1v) is 7.45. The number of hydrogen-bond acceptors (Lipinski definition) is 5. The highest BCUT2D eigenvalue weighted by Crippen LogP contribution is 2.22. The van der Waals surface area contributed by atoms with E-state index in [4.69, 9.17) is 10.2 Å². The molecule has 2 N–H and O–H groups in total. The molecule has 0 aliphatic carbocycles. The largest absolute Gasteiger partial charge is 0.416 e. The molecule has 1 aromatic heterocycles. The van der Waals surface area contributed by atoms with Crippen molar-refractivity contribution in [2.75, 3.05) is 6.54 Å². The Morgan fingerprint density at radius 2 is 2.00 bits per heavy atom. The summed E-state index contributed by atoms with van der Waals surface area (Å²) in [4.78, 5) is 0. The molecule has 0 spiro atoms. The molecule has 2 rings (SSSR count). The number of halogens is 1. The molecule has 0 radical (unpaired) electrons. The average molecular weight is 328 g/mol. The Balaban J connectivity index is 1.86. The van der Waals surface area contributed by atoms with Crippen LogP contribution in [0.25, 0.3) is 0 Å². The molecule has 1 heterocycles. The first-order chi connectivity index (χ1) is 8.78. The lowest BCUT2D eigenvalue weighted by Crippen LogP contribution is -2.00. The van der Waals surface area contributed by atoms with Crippen LogP contribution in [-0.4, -0.2) is 16.7 Å². The van der Waals surface area contributed by atoms with Crippen LogP contribution in [0.4, 0.5) is 0 Å². The third-order valence-corrected chi connectivity index (χ3v) is 3.74. The molecule has 0 unspecified atom stereocenters. The molecule has 0 saturated carbocycles. The SMILES string of the molecule is NCCCc1nnc(SCc2ccc(Br)cc2)o1. The maximum atomic E-state index is 5.51. The van der Waals surface area contributed by atoms with Crippen LogP contribution in [0.15, 0.2) is 38.4 Å². The molecule has 1 aromatic carbocycles. The van der Waals surface area contributed by atoms with Crippen molar-refractivity contribution < 1.29 is 4.42 Å². The molecule has 2 aromatic rings. The molecular weight excluding hydrogens is 314 g/mol. The first-order valence-electron chi connectivity index (χ1n) is 5.67. The number of hydrogen-bond donors (Lipinski definition) is 1. The second kappa shape index (κ2) is 6.92. The number of aryl methyl sites for hydroxylation is 1. The van der Waals surface area contributed by atoms with Gasteiger partial charge in [0.15, 0.2) is 0 Å². The fourth-order valence-electron chi connectivity index (χ4n) is 1.38. The molecule has 0 amide bonds. The minimum Gasteiger partial charge on any atom is -0.416 e. The van der Waals surface area contributed by atoms with Crippen molar-refractivity contribution in [1.82, 2.24) is 10.2 Å². The number of thioether (sulfide) groups is 1. The van der Waals surface area contributed by atoms with E-state index >= 15 is 0 Å². The average Bonchev–Trinajstić information content (AvgIpc) is 2.84. The van der Waals surface area contributed by atoms with Crippen LogP contribution in [-0.2, 0) is 12.2 Å². The lowest BCUT2D eigenvalue weighted by atomic mass is 10.2. The van der Waals surface area contributed by atoms with Crippen molar-refractivity contribution in [3.8, 4) is 0 Å². The third kappa shape index (κ3) is 4.12. The van der Waals surface area contributed by atoms with E-state index in [9.17, 15) is 0 Å². The predicted octanol–water partition coefficient (Wildman–Crippen LogP) is 3.02. The van der Waals surface area contributed by atoms with Gasteiger partial charge in [-0.3, -0.25) is 0 Å². The monoisotopic (exact) mass is 327 g/mol. The molecule has 0 aliphatic heterocycles. The van der Waals surface area contributed by atoms with Crippen molar-refractivity contribution in [2.45, 2.75) is 23.8 Å².